The summed E-state index contributed by atoms with van der Waals surface area (Å²) in [4.78, 5) is 26.9. The normalized spacial score (nSPS) is 11.7. The van der Waals surface area contributed by atoms with E-state index in [2.05, 4.69) is 10.3 Å². The van der Waals surface area contributed by atoms with E-state index >= 15 is 0 Å². The molecule has 0 saturated carbocycles. The molecule has 102 valence electrons. The Bertz CT molecular complexity index is 631. The van der Waals surface area contributed by atoms with Gasteiger partial charge in [-0.15, -0.1) is 0 Å². The van der Waals surface area contributed by atoms with Gasteiger partial charge in [0.15, 0.2) is 6.04 Å². The van der Waals surface area contributed by atoms with Crippen molar-refractivity contribution in [1.29, 1.82) is 0 Å². The molecular formula is C14H11FN2O3. The van der Waals surface area contributed by atoms with E-state index in [1.807, 2.05) is 0 Å². The minimum Gasteiger partial charge on any atom is -0.479 e. The Balaban J connectivity index is 2.26. The highest BCUT2D eigenvalue weighted by molar-refractivity contribution is 5.96. The first-order chi connectivity index (χ1) is 9.59. The van der Waals surface area contributed by atoms with Crippen LogP contribution in [0.1, 0.15) is 22.0 Å². The summed E-state index contributed by atoms with van der Waals surface area (Å²) in [5.41, 5.74) is 0.104. The number of pyridine rings is 1. The number of carboxylic acid groups (broad SMARTS) is 1. The van der Waals surface area contributed by atoms with E-state index in [0.717, 1.165) is 6.07 Å². The molecule has 6 heteroatoms. The quantitative estimate of drug-likeness (QED) is 0.890. The van der Waals surface area contributed by atoms with Crippen molar-refractivity contribution in [3.8, 4) is 0 Å². The van der Waals surface area contributed by atoms with Gasteiger partial charge in [0.2, 0.25) is 0 Å². The summed E-state index contributed by atoms with van der Waals surface area (Å²) < 4.78 is 13.6. The van der Waals surface area contributed by atoms with Crippen molar-refractivity contribution < 1.29 is 19.1 Å². The molecule has 0 bridgehead atoms. The van der Waals surface area contributed by atoms with Gasteiger partial charge < -0.3 is 10.4 Å². The van der Waals surface area contributed by atoms with Crippen LogP contribution in [0.2, 0.25) is 0 Å². The van der Waals surface area contributed by atoms with Gasteiger partial charge in [0.25, 0.3) is 5.91 Å². The number of nitrogens with one attached hydrogen (secondary N) is 1. The van der Waals surface area contributed by atoms with Crippen LogP contribution in [0, 0.1) is 5.82 Å². The van der Waals surface area contributed by atoms with Crippen LogP contribution in [0.25, 0.3) is 0 Å². The summed E-state index contributed by atoms with van der Waals surface area (Å²) in [6.07, 6.45) is 2.79. The van der Waals surface area contributed by atoms with Crippen LogP contribution in [0.3, 0.4) is 0 Å². The van der Waals surface area contributed by atoms with E-state index in [9.17, 15) is 14.0 Å². The Hall–Kier alpha value is -2.76. The van der Waals surface area contributed by atoms with Crippen LogP contribution in [0.5, 0.6) is 0 Å². The van der Waals surface area contributed by atoms with Crippen molar-refractivity contribution >= 4 is 11.9 Å². The second-order valence-electron chi connectivity index (χ2n) is 4.01. The number of carbonyl (C=O) groups is 2. The molecule has 2 aromatic rings. The van der Waals surface area contributed by atoms with E-state index in [1.165, 1.54) is 36.7 Å². The first-order valence-corrected chi connectivity index (χ1v) is 5.77. The summed E-state index contributed by atoms with van der Waals surface area (Å²) >= 11 is 0. The molecule has 0 saturated heterocycles. The number of aromatic nitrogens is 1. The minimum atomic E-state index is -1.45. The fourth-order valence-electron chi connectivity index (χ4n) is 1.69. The van der Waals surface area contributed by atoms with E-state index in [4.69, 9.17) is 5.11 Å². The van der Waals surface area contributed by atoms with Crippen molar-refractivity contribution in [2.45, 2.75) is 6.04 Å². The number of carboxylic acids is 1. The molecule has 1 heterocycles. The largest absolute Gasteiger partial charge is 0.479 e. The summed E-state index contributed by atoms with van der Waals surface area (Å²) in [5.74, 6) is -2.66. The van der Waals surface area contributed by atoms with Gasteiger partial charge in [-0.25, -0.2) is 9.18 Å². The molecule has 1 unspecified atom stereocenters. The Morgan fingerprint density at radius 2 is 1.95 bits per heavy atom. The molecule has 1 aromatic heterocycles. The van der Waals surface area contributed by atoms with Crippen LogP contribution in [-0.4, -0.2) is 22.0 Å². The summed E-state index contributed by atoms with van der Waals surface area (Å²) in [6.45, 7) is 0. The van der Waals surface area contributed by atoms with E-state index < -0.39 is 23.7 Å². The highest BCUT2D eigenvalue weighted by Gasteiger charge is 2.25. The Kier molecular flexibility index (Phi) is 4.05. The molecule has 0 aliphatic rings. The predicted octanol–water partition coefficient (Wildman–Crippen LogP) is 1.78. The van der Waals surface area contributed by atoms with E-state index in [1.54, 1.807) is 6.07 Å². The lowest BCUT2D eigenvalue weighted by Gasteiger charge is -2.15. The van der Waals surface area contributed by atoms with Crippen LogP contribution in [0.4, 0.5) is 4.39 Å². The topological polar surface area (TPSA) is 79.3 Å². The number of rotatable bonds is 4. The van der Waals surface area contributed by atoms with Crippen molar-refractivity contribution in [3.63, 3.8) is 0 Å². The van der Waals surface area contributed by atoms with Gasteiger partial charge in [0, 0.05) is 18.0 Å². The maximum absolute atomic E-state index is 13.6. The highest BCUT2D eigenvalue weighted by atomic mass is 19.1. The lowest BCUT2D eigenvalue weighted by Crippen LogP contribution is -2.34. The van der Waals surface area contributed by atoms with Gasteiger partial charge in [-0.1, -0.05) is 18.2 Å². The second-order valence-corrected chi connectivity index (χ2v) is 4.01. The molecule has 2 rings (SSSR count). The van der Waals surface area contributed by atoms with Gasteiger partial charge in [0.05, 0.1) is 5.56 Å². The number of nitrogens with zero attached hydrogens (tertiary/aromatic N) is 1. The predicted molar refractivity (Wildman–Crippen MR) is 68.5 cm³/mol. The van der Waals surface area contributed by atoms with E-state index in [0.29, 0.717) is 0 Å². The van der Waals surface area contributed by atoms with Gasteiger partial charge in [-0.2, -0.15) is 0 Å². The minimum absolute atomic E-state index is 0.0998. The molecule has 2 N–H and O–H groups in total. The third-order valence-electron chi connectivity index (χ3n) is 2.66. The Morgan fingerprint density at radius 1 is 1.20 bits per heavy atom. The third kappa shape index (κ3) is 2.97. The van der Waals surface area contributed by atoms with Gasteiger partial charge in [0.1, 0.15) is 5.82 Å². The first kappa shape index (κ1) is 13.7. The molecule has 1 amide bonds. The smallest absolute Gasteiger partial charge is 0.331 e. The maximum Gasteiger partial charge on any atom is 0.331 e. The summed E-state index contributed by atoms with van der Waals surface area (Å²) in [5, 5.41) is 11.4. The number of halogens is 1. The molecule has 0 spiro atoms. The molecule has 20 heavy (non-hydrogen) atoms. The van der Waals surface area contributed by atoms with Gasteiger partial charge >= 0.3 is 5.97 Å². The number of benzene rings is 1. The van der Waals surface area contributed by atoms with E-state index in [-0.39, 0.29) is 11.1 Å². The summed E-state index contributed by atoms with van der Waals surface area (Å²) in [7, 11) is 0. The molecule has 5 nitrogen and oxygen atoms in total. The zero-order valence-corrected chi connectivity index (χ0v) is 10.3. The molecular weight excluding hydrogens is 263 g/mol. The zero-order chi connectivity index (χ0) is 14.5. The average molecular weight is 274 g/mol. The standard InChI is InChI=1S/C14H11FN2O3/c15-11-6-2-1-5-10(11)12(14(19)20)17-13(18)9-4-3-7-16-8-9/h1-8,12H,(H,17,18)(H,19,20). The molecule has 0 radical (unpaired) electrons. The average Bonchev–Trinajstić information content (AvgIpc) is 2.46. The monoisotopic (exact) mass is 274 g/mol. The second kappa shape index (κ2) is 5.92. The number of hydrogen-bond acceptors (Lipinski definition) is 3. The van der Waals surface area contributed by atoms with Crippen LogP contribution in [-0.2, 0) is 4.79 Å². The molecule has 0 aliphatic carbocycles. The fraction of sp³-hybridized carbons (Fsp3) is 0.0714. The number of carbonyl (C=O) groups excluding carboxylic acids is 1. The Morgan fingerprint density at radius 3 is 2.55 bits per heavy atom. The van der Waals surface area contributed by atoms with Gasteiger partial charge in [-0.3, -0.25) is 9.78 Å². The third-order valence-corrected chi connectivity index (χ3v) is 2.66. The zero-order valence-electron chi connectivity index (χ0n) is 10.3. The van der Waals surface area contributed by atoms with Crippen LogP contribution >= 0.6 is 0 Å². The molecule has 1 aromatic carbocycles. The SMILES string of the molecule is O=C(NC(C(=O)O)c1ccccc1F)c1cccnc1. The van der Waals surface area contributed by atoms with Crippen molar-refractivity contribution in [3.05, 3.63) is 65.7 Å². The number of hydrogen-bond donors (Lipinski definition) is 2. The fourth-order valence-corrected chi connectivity index (χ4v) is 1.69. The van der Waals surface area contributed by atoms with Gasteiger partial charge in [-0.05, 0) is 18.2 Å². The summed E-state index contributed by atoms with van der Waals surface area (Å²) in [6, 6.07) is 6.99. The van der Waals surface area contributed by atoms with Crippen LogP contribution in [0.15, 0.2) is 48.8 Å². The lowest BCUT2D eigenvalue weighted by molar-refractivity contribution is -0.139. The van der Waals surface area contributed by atoms with Crippen molar-refractivity contribution in [2.24, 2.45) is 0 Å². The molecule has 0 aliphatic heterocycles. The first-order valence-electron chi connectivity index (χ1n) is 5.77. The maximum atomic E-state index is 13.6. The molecule has 0 fully saturated rings. The Labute approximate surface area is 114 Å². The molecule has 1 atom stereocenters. The highest BCUT2D eigenvalue weighted by Crippen LogP contribution is 2.17. The number of amides is 1. The van der Waals surface area contributed by atoms with Crippen molar-refractivity contribution in [1.82, 2.24) is 10.3 Å². The van der Waals surface area contributed by atoms with Crippen LogP contribution < -0.4 is 5.32 Å². The number of aliphatic carboxylic acids is 1. The lowest BCUT2D eigenvalue weighted by atomic mass is 10.1. The van der Waals surface area contributed by atoms with Crippen molar-refractivity contribution in [2.75, 3.05) is 0 Å².